The molecule has 3 heteroatoms. The molecule has 3 nitrogen and oxygen atoms in total. The smallest absolute Gasteiger partial charge is 0.250 e. The number of aryl methyl sites for hydroxylation is 2. The molecule has 0 aliphatic carbocycles. The molecule has 2 aromatic carbocycles. The molecule has 0 saturated carbocycles. The van der Waals surface area contributed by atoms with E-state index < -0.39 is 0 Å². The van der Waals surface area contributed by atoms with Crippen LogP contribution < -0.4 is 4.90 Å². The molecule has 1 heterocycles. The third-order valence-corrected chi connectivity index (χ3v) is 3.63. The van der Waals surface area contributed by atoms with Crippen molar-refractivity contribution < 1.29 is 4.70 Å². The fourth-order valence-corrected chi connectivity index (χ4v) is 2.35. The topological polar surface area (TPSA) is 18.6 Å². The molecular formula is C16H18N3+. The Kier molecular flexibility index (Phi) is 2.82. The molecule has 0 atom stereocenters. The van der Waals surface area contributed by atoms with Crippen molar-refractivity contribution in [1.82, 2.24) is 0 Å². The first-order valence-electron chi connectivity index (χ1n) is 6.52. The number of azo groups is 2. The molecule has 19 heavy (non-hydrogen) atoms. The predicted molar refractivity (Wildman–Crippen MR) is 77.6 cm³/mol. The largest absolute Gasteiger partial charge is 0.315 e. The summed E-state index contributed by atoms with van der Waals surface area (Å²) in [4.78, 5) is 2.24. The van der Waals surface area contributed by atoms with Gasteiger partial charge in [-0.1, -0.05) is 22.9 Å². The van der Waals surface area contributed by atoms with Gasteiger partial charge < -0.3 is 4.90 Å². The lowest BCUT2D eigenvalue weighted by Crippen LogP contribution is -2.28. The summed E-state index contributed by atoms with van der Waals surface area (Å²) in [5.41, 5.74) is 5.97. The van der Waals surface area contributed by atoms with Gasteiger partial charge in [-0.2, -0.15) is 0 Å². The summed E-state index contributed by atoms with van der Waals surface area (Å²) in [7, 11) is 2.11. The summed E-state index contributed by atoms with van der Waals surface area (Å²) >= 11 is 0. The van der Waals surface area contributed by atoms with Crippen LogP contribution in [-0.4, -0.2) is 18.4 Å². The van der Waals surface area contributed by atoms with Crippen LogP contribution in [0, 0.1) is 13.8 Å². The van der Waals surface area contributed by atoms with Gasteiger partial charge in [-0.3, -0.25) is 0 Å². The Morgan fingerprint density at radius 3 is 2.47 bits per heavy atom. The highest BCUT2D eigenvalue weighted by molar-refractivity contribution is 5.69. The first-order valence-corrected chi connectivity index (χ1v) is 6.52. The SMILES string of the molecule is Cc1cc2c(cc1C)N(C)C[N+](c1ccccc1)=N2. The summed E-state index contributed by atoms with van der Waals surface area (Å²) < 4.78 is 2.04. The van der Waals surface area contributed by atoms with E-state index in [4.69, 9.17) is 5.11 Å². The number of rotatable bonds is 1. The number of nitrogens with zero attached hydrogens (tertiary/aromatic N) is 3. The van der Waals surface area contributed by atoms with Crippen molar-refractivity contribution in [2.75, 3.05) is 18.6 Å². The van der Waals surface area contributed by atoms with Gasteiger partial charge in [-0.25, -0.2) is 0 Å². The third-order valence-electron chi connectivity index (χ3n) is 3.63. The molecule has 0 saturated heterocycles. The van der Waals surface area contributed by atoms with E-state index in [9.17, 15) is 0 Å². The lowest BCUT2D eigenvalue weighted by atomic mass is 10.1. The van der Waals surface area contributed by atoms with E-state index in [1.807, 2.05) is 22.9 Å². The quantitative estimate of drug-likeness (QED) is 0.698. The lowest BCUT2D eigenvalue weighted by Gasteiger charge is -2.22. The molecule has 0 bridgehead atoms. The molecule has 3 rings (SSSR count). The van der Waals surface area contributed by atoms with Crippen LogP contribution in [0.1, 0.15) is 11.1 Å². The van der Waals surface area contributed by atoms with Crippen LogP contribution >= 0.6 is 0 Å². The maximum Gasteiger partial charge on any atom is 0.250 e. The van der Waals surface area contributed by atoms with E-state index >= 15 is 0 Å². The van der Waals surface area contributed by atoms with Crippen molar-refractivity contribution in [3.05, 3.63) is 53.6 Å². The van der Waals surface area contributed by atoms with Gasteiger partial charge >= 0.3 is 0 Å². The zero-order valence-corrected chi connectivity index (χ0v) is 11.6. The molecular weight excluding hydrogens is 234 g/mol. The van der Waals surface area contributed by atoms with Gasteiger partial charge in [0.15, 0.2) is 5.69 Å². The molecule has 0 radical (unpaired) electrons. The molecule has 1 aliphatic heterocycles. The first-order chi connectivity index (χ1) is 9.15. The van der Waals surface area contributed by atoms with Crippen LogP contribution in [-0.2, 0) is 0 Å². The van der Waals surface area contributed by atoms with Gasteiger partial charge in [0.05, 0.1) is 5.69 Å². The number of para-hydroxylation sites is 1. The number of hydrogen-bond donors (Lipinski definition) is 0. The molecule has 0 spiro atoms. The second-order valence-electron chi connectivity index (χ2n) is 5.10. The molecule has 0 unspecified atom stereocenters. The van der Waals surface area contributed by atoms with E-state index in [1.54, 1.807) is 0 Å². The van der Waals surface area contributed by atoms with E-state index in [-0.39, 0.29) is 0 Å². The fourth-order valence-electron chi connectivity index (χ4n) is 2.35. The summed E-state index contributed by atoms with van der Waals surface area (Å²) in [5, 5.41) is 4.76. The van der Waals surface area contributed by atoms with Crippen LogP contribution in [0.25, 0.3) is 0 Å². The Bertz CT molecular complexity index is 645. The first kappa shape index (κ1) is 11.9. The van der Waals surface area contributed by atoms with Crippen LogP contribution in [0.5, 0.6) is 0 Å². The monoisotopic (exact) mass is 252 g/mol. The highest BCUT2D eigenvalue weighted by Crippen LogP contribution is 2.35. The minimum atomic E-state index is 0.777. The summed E-state index contributed by atoms with van der Waals surface area (Å²) in [6.45, 7) is 5.05. The zero-order valence-electron chi connectivity index (χ0n) is 11.6. The van der Waals surface area contributed by atoms with E-state index in [0.29, 0.717) is 0 Å². The number of hydrogen-bond acceptors (Lipinski definition) is 2. The van der Waals surface area contributed by atoms with Crippen molar-refractivity contribution >= 4 is 17.1 Å². The maximum absolute atomic E-state index is 4.76. The average Bonchev–Trinajstić information content (AvgIpc) is 2.42. The summed E-state index contributed by atoms with van der Waals surface area (Å²) in [6.07, 6.45) is 0. The highest BCUT2D eigenvalue weighted by atomic mass is 15.4. The minimum absolute atomic E-state index is 0.777. The Labute approximate surface area is 113 Å². The van der Waals surface area contributed by atoms with Gasteiger partial charge in [0, 0.05) is 24.3 Å². The molecule has 0 fully saturated rings. The molecule has 0 N–H and O–H groups in total. The second-order valence-corrected chi connectivity index (χ2v) is 5.10. The van der Waals surface area contributed by atoms with Crippen molar-refractivity contribution in [3.63, 3.8) is 0 Å². The minimum Gasteiger partial charge on any atom is -0.315 e. The molecule has 96 valence electrons. The maximum atomic E-state index is 4.76. The Morgan fingerprint density at radius 1 is 1.05 bits per heavy atom. The van der Waals surface area contributed by atoms with Crippen LogP contribution in [0.2, 0.25) is 0 Å². The third kappa shape index (κ3) is 2.12. The van der Waals surface area contributed by atoms with E-state index in [2.05, 4.69) is 50.1 Å². The Hall–Kier alpha value is -2.16. The lowest BCUT2D eigenvalue weighted by molar-refractivity contribution is -0.509. The van der Waals surface area contributed by atoms with Crippen molar-refractivity contribution in [1.29, 1.82) is 0 Å². The number of anilines is 1. The molecule has 0 aromatic heterocycles. The highest BCUT2D eigenvalue weighted by Gasteiger charge is 2.24. The average molecular weight is 252 g/mol. The normalized spacial score (nSPS) is 14.1. The number of benzene rings is 2. The zero-order chi connectivity index (χ0) is 13.4. The number of fused-ring (bicyclic) bond motifs is 1. The van der Waals surface area contributed by atoms with Gasteiger partial charge in [0.2, 0.25) is 5.69 Å². The van der Waals surface area contributed by atoms with E-state index in [0.717, 1.165) is 18.0 Å². The molecule has 2 aromatic rings. The van der Waals surface area contributed by atoms with Crippen molar-refractivity contribution in [3.8, 4) is 0 Å². The second kappa shape index (κ2) is 4.50. The van der Waals surface area contributed by atoms with Gasteiger partial charge in [0.25, 0.3) is 6.67 Å². The van der Waals surface area contributed by atoms with Crippen LogP contribution in [0.3, 0.4) is 0 Å². The van der Waals surface area contributed by atoms with Gasteiger partial charge in [-0.15, -0.1) is 0 Å². The standard InChI is InChI=1S/C16H18N3/c1-12-9-15-16(10-13(12)2)18(3)11-19(17-15)14-7-5-4-6-8-14/h4-10H,11H2,1-3H3/q+1. The molecule has 0 amide bonds. The van der Waals surface area contributed by atoms with Gasteiger partial charge in [0.1, 0.15) is 0 Å². The van der Waals surface area contributed by atoms with Crippen LogP contribution in [0.15, 0.2) is 47.6 Å². The van der Waals surface area contributed by atoms with Gasteiger partial charge in [-0.05, 0) is 37.1 Å². The fraction of sp³-hybridized carbons (Fsp3) is 0.250. The van der Waals surface area contributed by atoms with Crippen molar-refractivity contribution in [2.24, 2.45) is 5.11 Å². The summed E-state index contributed by atoms with van der Waals surface area (Å²) in [6, 6.07) is 14.7. The Balaban J connectivity index is 2.11. The Morgan fingerprint density at radius 2 is 1.74 bits per heavy atom. The van der Waals surface area contributed by atoms with E-state index in [1.165, 1.54) is 16.8 Å². The summed E-state index contributed by atoms with van der Waals surface area (Å²) in [5.74, 6) is 0. The van der Waals surface area contributed by atoms with Crippen LogP contribution in [0.4, 0.5) is 17.1 Å². The molecule has 1 aliphatic rings. The van der Waals surface area contributed by atoms with Crippen molar-refractivity contribution in [2.45, 2.75) is 13.8 Å². The predicted octanol–water partition coefficient (Wildman–Crippen LogP) is 4.14.